The minimum Gasteiger partial charge on any atom is -0.311 e. The third-order valence-electron chi connectivity index (χ3n) is 4.04. The number of aromatic nitrogens is 1. The third kappa shape index (κ3) is 2.49. The zero-order valence-corrected chi connectivity index (χ0v) is 12.6. The first-order chi connectivity index (χ1) is 10.1. The molecule has 0 fully saturated rings. The van der Waals surface area contributed by atoms with Crippen molar-refractivity contribution in [3.63, 3.8) is 0 Å². The Labute approximate surface area is 124 Å². The second kappa shape index (κ2) is 5.21. The summed E-state index contributed by atoms with van der Waals surface area (Å²) in [7, 11) is 1.81. The fourth-order valence-electron chi connectivity index (χ4n) is 2.63. The first-order valence-corrected chi connectivity index (χ1v) is 7.26. The van der Waals surface area contributed by atoms with Crippen LogP contribution in [0.25, 0.3) is 22.0 Å². The van der Waals surface area contributed by atoms with E-state index in [2.05, 4.69) is 50.2 Å². The summed E-state index contributed by atoms with van der Waals surface area (Å²) in [5, 5.41) is 1.09. The van der Waals surface area contributed by atoms with E-state index in [1.165, 1.54) is 16.7 Å². The highest BCUT2D eigenvalue weighted by Crippen LogP contribution is 2.25. The van der Waals surface area contributed by atoms with Crippen LogP contribution in [0.15, 0.2) is 59.4 Å². The summed E-state index contributed by atoms with van der Waals surface area (Å²) >= 11 is 0. The number of rotatable bonds is 2. The summed E-state index contributed by atoms with van der Waals surface area (Å²) < 4.78 is 1.68. The van der Waals surface area contributed by atoms with Gasteiger partial charge >= 0.3 is 0 Å². The molecular weight excluding hydrogens is 258 g/mol. The molecule has 2 aromatic carbocycles. The molecule has 0 N–H and O–H groups in total. The lowest BCUT2D eigenvalue weighted by molar-refractivity contribution is 0.867. The second-order valence-electron chi connectivity index (χ2n) is 5.78. The molecule has 0 aliphatic heterocycles. The highest BCUT2D eigenvalue weighted by atomic mass is 16.1. The Hall–Kier alpha value is -2.35. The van der Waals surface area contributed by atoms with Crippen molar-refractivity contribution in [1.29, 1.82) is 0 Å². The Bertz CT molecular complexity index is 842. The maximum atomic E-state index is 11.7. The molecule has 0 aliphatic rings. The van der Waals surface area contributed by atoms with Gasteiger partial charge in [0.2, 0.25) is 0 Å². The van der Waals surface area contributed by atoms with Crippen LogP contribution in [0, 0.1) is 0 Å². The molecule has 106 valence electrons. The lowest BCUT2D eigenvalue weighted by atomic mass is 9.98. The van der Waals surface area contributed by atoms with Crippen molar-refractivity contribution in [2.45, 2.75) is 19.8 Å². The first kappa shape index (κ1) is 13.6. The van der Waals surface area contributed by atoms with Crippen LogP contribution in [-0.4, -0.2) is 4.57 Å². The van der Waals surface area contributed by atoms with E-state index >= 15 is 0 Å². The highest BCUT2D eigenvalue weighted by Gasteiger charge is 2.04. The van der Waals surface area contributed by atoms with Gasteiger partial charge in [-0.2, -0.15) is 0 Å². The molecule has 0 aliphatic carbocycles. The molecule has 0 radical (unpaired) electrons. The van der Waals surface area contributed by atoms with Crippen molar-refractivity contribution in [3.8, 4) is 11.1 Å². The number of nitrogens with zero attached hydrogens (tertiary/aromatic N) is 1. The van der Waals surface area contributed by atoms with Gasteiger partial charge in [-0.1, -0.05) is 44.2 Å². The van der Waals surface area contributed by atoms with Crippen LogP contribution in [-0.2, 0) is 7.05 Å². The van der Waals surface area contributed by atoms with E-state index in [1.54, 1.807) is 10.6 Å². The van der Waals surface area contributed by atoms with Gasteiger partial charge in [-0.25, -0.2) is 0 Å². The summed E-state index contributed by atoms with van der Waals surface area (Å²) in [5.74, 6) is 0.546. The monoisotopic (exact) mass is 277 g/mol. The van der Waals surface area contributed by atoms with Crippen LogP contribution in [0.1, 0.15) is 25.3 Å². The van der Waals surface area contributed by atoms with E-state index in [1.807, 2.05) is 19.2 Å². The molecule has 0 amide bonds. The van der Waals surface area contributed by atoms with Gasteiger partial charge in [-0.15, -0.1) is 0 Å². The number of hydrogen-bond donors (Lipinski definition) is 0. The highest BCUT2D eigenvalue weighted by molar-refractivity contribution is 5.84. The average molecular weight is 277 g/mol. The van der Waals surface area contributed by atoms with Crippen molar-refractivity contribution in [3.05, 3.63) is 70.5 Å². The van der Waals surface area contributed by atoms with Crippen LogP contribution in [0.3, 0.4) is 0 Å². The van der Waals surface area contributed by atoms with Gasteiger partial charge in [0.1, 0.15) is 0 Å². The Morgan fingerprint density at radius 1 is 0.857 bits per heavy atom. The lowest BCUT2D eigenvalue weighted by Crippen LogP contribution is -2.14. The van der Waals surface area contributed by atoms with Crippen molar-refractivity contribution in [2.75, 3.05) is 0 Å². The fraction of sp³-hybridized carbons (Fsp3) is 0.211. The molecule has 0 saturated carbocycles. The fourth-order valence-corrected chi connectivity index (χ4v) is 2.63. The van der Waals surface area contributed by atoms with Crippen molar-refractivity contribution < 1.29 is 0 Å². The maximum Gasteiger partial charge on any atom is 0.250 e. The van der Waals surface area contributed by atoms with Gasteiger partial charge in [0.25, 0.3) is 5.56 Å². The smallest absolute Gasteiger partial charge is 0.250 e. The third-order valence-corrected chi connectivity index (χ3v) is 4.04. The van der Waals surface area contributed by atoms with Crippen molar-refractivity contribution in [1.82, 2.24) is 4.57 Å². The second-order valence-corrected chi connectivity index (χ2v) is 5.78. The Balaban J connectivity index is 2.09. The summed E-state index contributed by atoms with van der Waals surface area (Å²) in [6.45, 7) is 4.40. The molecule has 3 aromatic rings. The van der Waals surface area contributed by atoms with Crippen LogP contribution in [0.4, 0.5) is 0 Å². The largest absolute Gasteiger partial charge is 0.311 e. The number of aryl methyl sites for hydroxylation is 1. The van der Waals surface area contributed by atoms with Gasteiger partial charge in [-0.3, -0.25) is 4.79 Å². The minimum atomic E-state index is 0.0246. The number of pyridine rings is 1. The topological polar surface area (TPSA) is 22.0 Å². The molecule has 2 heteroatoms. The van der Waals surface area contributed by atoms with Crippen LogP contribution in [0.2, 0.25) is 0 Å². The predicted octanol–water partition coefficient (Wildman–Crippen LogP) is 4.33. The number of fused-ring (bicyclic) bond motifs is 1. The van der Waals surface area contributed by atoms with Crippen LogP contribution in [0.5, 0.6) is 0 Å². The van der Waals surface area contributed by atoms with Crippen LogP contribution >= 0.6 is 0 Å². The van der Waals surface area contributed by atoms with Gasteiger partial charge in [0.05, 0.1) is 5.52 Å². The summed E-state index contributed by atoms with van der Waals surface area (Å²) in [6.07, 6.45) is 0. The molecule has 1 aromatic heterocycles. The normalized spacial score (nSPS) is 11.2. The zero-order chi connectivity index (χ0) is 15.0. The molecule has 3 rings (SSSR count). The van der Waals surface area contributed by atoms with Crippen molar-refractivity contribution >= 4 is 10.9 Å². The Morgan fingerprint density at radius 3 is 2.19 bits per heavy atom. The quantitative estimate of drug-likeness (QED) is 0.683. The SMILES string of the molecule is CC(C)c1ccc(-c2ccc3c(ccc(=O)n3C)c2)cc1. The van der Waals surface area contributed by atoms with Crippen molar-refractivity contribution in [2.24, 2.45) is 7.05 Å². The van der Waals surface area contributed by atoms with E-state index in [9.17, 15) is 4.79 Å². The summed E-state index contributed by atoms with van der Waals surface area (Å²) in [6, 6.07) is 18.4. The number of hydrogen-bond acceptors (Lipinski definition) is 1. The number of benzene rings is 2. The van der Waals surface area contributed by atoms with E-state index in [4.69, 9.17) is 0 Å². The minimum absolute atomic E-state index is 0.0246. The van der Waals surface area contributed by atoms with Gasteiger partial charge in [0, 0.05) is 13.1 Å². The maximum absolute atomic E-state index is 11.7. The molecule has 0 atom stereocenters. The molecular formula is C19H19NO. The van der Waals surface area contributed by atoms with Crippen LogP contribution < -0.4 is 5.56 Å². The average Bonchev–Trinajstić information content (AvgIpc) is 2.51. The lowest BCUT2D eigenvalue weighted by Gasteiger charge is -2.09. The first-order valence-electron chi connectivity index (χ1n) is 7.26. The molecule has 21 heavy (non-hydrogen) atoms. The predicted molar refractivity (Wildman–Crippen MR) is 88.7 cm³/mol. The van der Waals surface area contributed by atoms with Gasteiger partial charge < -0.3 is 4.57 Å². The Kier molecular flexibility index (Phi) is 3.38. The van der Waals surface area contributed by atoms with E-state index < -0.39 is 0 Å². The zero-order valence-electron chi connectivity index (χ0n) is 12.6. The standard InChI is InChI=1S/C19H19NO/c1-13(2)14-4-6-15(7-5-14)16-8-10-18-17(12-16)9-11-19(21)20(18)3/h4-13H,1-3H3. The van der Waals surface area contributed by atoms with Gasteiger partial charge in [0.15, 0.2) is 0 Å². The summed E-state index contributed by atoms with van der Waals surface area (Å²) in [4.78, 5) is 11.7. The molecule has 0 bridgehead atoms. The molecule has 0 unspecified atom stereocenters. The Morgan fingerprint density at radius 2 is 1.52 bits per heavy atom. The summed E-state index contributed by atoms with van der Waals surface area (Å²) in [5.41, 5.74) is 4.72. The molecule has 2 nitrogen and oxygen atoms in total. The molecule has 1 heterocycles. The van der Waals surface area contributed by atoms with E-state index in [0.717, 1.165) is 10.9 Å². The van der Waals surface area contributed by atoms with E-state index in [0.29, 0.717) is 5.92 Å². The molecule has 0 saturated heterocycles. The van der Waals surface area contributed by atoms with Gasteiger partial charge in [-0.05, 0) is 46.2 Å². The van der Waals surface area contributed by atoms with E-state index in [-0.39, 0.29) is 5.56 Å². The molecule has 0 spiro atoms.